The van der Waals surface area contributed by atoms with Gasteiger partial charge < -0.3 is 10.7 Å². The van der Waals surface area contributed by atoms with E-state index in [-0.39, 0.29) is 11.3 Å². The van der Waals surface area contributed by atoms with Crippen LogP contribution < -0.4 is 21.3 Å². The molecule has 0 saturated carbocycles. The van der Waals surface area contributed by atoms with Crippen LogP contribution in [0.25, 0.3) is 5.70 Å². The molecule has 2 aromatic heterocycles. The van der Waals surface area contributed by atoms with Crippen LogP contribution in [-0.4, -0.2) is 38.8 Å². The first-order valence-corrected chi connectivity index (χ1v) is 11.8. The third kappa shape index (κ3) is 5.70. The second-order valence-electron chi connectivity index (χ2n) is 8.96. The fourth-order valence-corrected chi connectivity index (χ4v) is 4.34. The van der Waals surface area contributed by atoms with Gasteiger partial charge in [-0.2, -0.15) is 13.2 Å². The molecule has 0 unspecified atom stereocenters. The van der Waals surface area contributed by atoms with Gasteiger partial charge in [0.2, 0.25) is 0 Å². The van der Waals surface area contributed by atoms with Crippen LogP contribution in [-0.2, 0) is 12.7 Å². The number of rotatable bonds is 6. The average molecular weight is 511 g/mol. The maximum atomic E-state index is 13.6. The van der Waals surface area contributed by atoms with Crippen molar-refractivity contribution in [3.63, 3.8) is 0 Å². The lowest BCUT2D eigenvalue weighted by Gasteiger charge is -2.19. The maximum absolute atomic E-state index is 13.6. The SMILES string of the molecule is Cc1ncc(C(=O)Nc2cc(CN3CCCC3)cc(C(F)(F)F)c2)cc1N1C=C(c2cncnc2)NN1. The van der Waals surface area contributed by atoms with E-state index in [1.807, 2.05) is 0 Å². The molecule has 12 heteroatoms. The van der Waals surface area contributed by atoms with Gasteiger partial charge in [0, 0.05) is 42.6 Å². The highest BCUT2D eigenvalue weighted by atomic mass is 19.4. The molecule has 1 aromatic carbocycles. The van der Waals surface area contributed by atoms with Crippen LogP contribution in [0.3, 0.4) is 0 Å². The third-order valence-electron chi connectivity index (χ3n) is 6.21. The van der Waals surface area contributed by atoms with Gasteiger partial charge in [-0.1, -0.05) is 0 Å². The van der Waals surface area contributed by atoms with Crippen LogP contribution in [0.1, 0.15) is 45.6 Å². The summed E-state index contributed by atoms with van der Waals surface area (Å²) in [5.41, 5.74) is 8.68. The molecule has 1 fully saturated rings. The number of pyridine rings is 1. The molecular formula is C25H25F3N8O. The highest BCUT2D eigenvalue weighted by molar-refractivity contribution is 6.04. The molecule has 0 aliphatic carbocycles. The highest BCUT2D eigenvalue weighted by Gasteiger charge is 2.31. The number of aromatic nitrogens is 3. The van der Waals surface area contributed by atoms with Crippen LogP contribution in [0.5, 0.6) is 0 Å². The van der Waals surface area contributed by atoms with Crippen molar-refractivity contribution in [1.82, 2.24) is 30.8 Å². The highest BCUT2D eigenvalue weighted by Crippen LogP contribution is 2.33. The third-order valence-corrected chi connectivity index (χ3v) is 6.21. The van der Waals surface area contributed by atoms with E-state index in [2.05, 4.69) is 36.1 Å². The number of hydrogen-bond donors (Lipinski definition) is 3. The molecule has 9 nitrogen and oxygen atoms in total. The van der Waals surface area contributed by atoms with E-state index in [0.717, 1.165) is 43.6 Å². The Balaban J connectivity index is 1.37. The normalized spacial score (nSPS) is 16.0. The van der Waals surface area contributed by atoms with Crippen molar-refractivity contribution in [2.75, 3.05) is 23.4 Å². The smallest absolute Gasteiger partial charge is 0.322 e. The Labute approximate surface area is 211 Å². The van der Waals surface area contributed by atoms with Crippen LogP contribution in [0.2, 0.25) is 0 Å². The van der Waals surface area contributed by atoms with Crippen molar-refractivity contribution in [3.05, 3.63) is 83.3 Å². The molecular weight excluding hydrogens is 485 g/mol. The van der Waals surface area contributed by atoms with Gasteiger partial charge in [0.05, 0.1) is 28.2 Å². The number of hydrazine groups is 2. The number of alkyl halides is 3. The zero-order chi connectivity index (χ0) is 26.0. The van der Waals surface area contributed by atoms with Crippen LogP contribution in [0, 0.1) is 6.92 Å². The van der Waals surface area contributed by atoms with Crippen molar-refractivity contribution in [2.24, 2.45) is 0 Å². The predicted molar refractivity (Wildman–Crippen MR) is 132 cm³/mol. The molecule has 0 atom stereocenters. The molecule has 0 spiro atoms. The summed E-state index contributed by atoms with van der Waals surface area (Å²) in [6.45, 7) is 3.89. The summed E-state index contributed by atoms with van der Waals surface area (Å²) in [4.78, 5) is 27.5. The summed E-state index contributed by atoms with van der Waals surface area (Å²) in [6, 6.07) is 5.31. The van der Waals surface area contributed by atoms with E-state index in [4.69, 9.17) is 0 Å². The first-order chi connectivity index (χ1) is 17.8. The van der Waals surface area contributed by atoms with Gasteiger partial charge >= 0.3 is 6.18 Å². The number of benzene rings is 1. The molecule has 1 saturated heterocycles. The zero-order valence-corrected chi connectivity index (χ0v) is 20.0. The van der Waals surface area contributed by atoms with Crippen molar-refractivity contribution in [3.8, 4) is 0 Å². The number of carbonyl (C=O) groups excluding carboxylic acids is 1. The molecule has 192 valence electrons. The van der Waals surface area contributed by atoms with Crippen molar-refractivity contribution in [2.45, 2.75) is 32.5 Å². The lowest BCUT2D eigenvalue weighted by Crippen LogP contribution is -2.36. The molecule has 1 amide bonds. The molecule has 0 radical (unpaired) electrons. The second-order valence-corrected chi connectivity index (χ2v) is 8.96. The fraction of sp³-hybridized carbons (Fsp3) is 0.280. The second kappa shape index (κ2) is 10.1. The Morgan fingerprint density at radius 3 is 2.57 bits per heavy atom. The number of halogens is 3. The number of likely N-dealkylation sites (tertiary alicyclic amines) is 1. The lowest BCUT2D eigenvalue weighted by atomic mass is 10.1. The van der Waals surface area contributed by atoms with Crippen LogP contribution in [0.4, 0.5) is 24.5 Å². The molecule has 37 heavy (non-hydrogen) atoms. The number of carbonyl (C=O) groups is 1. The fourth-order valence-electron chi connectivity index (χ4n) is 4.34. The molecule has 2 aliphatic rings. The topological polar surface area (TPSA) is 98.3 Å². The Bertz CT molecular complexity index is 1320. The summed E-state index contributed by atoms with van der Waals surface area (Å²) >= 11 is 0. The van der Waals surface area contributed by atoms with E-state index < -0.39 is 17.6 Å². The van der Waals surface area contributed by atoms with E-state index in [0.29, 0.717) is 29.2 Å². The minimum atomic E-state index is -4.53. The van der Waals surface area contributed by atoms with E-state index in [9.17, 15) is 18.0 Å². The Kier molecular flexibility index (Phi) is 6.76. The first kappa shape index (κ1) is 24.7. The van der Waals surface area contributed by atoms with Gasteiger partial charge in [0.25, 0.3) is 5.91 Å². The van der Waals surface area contributed by atoms with Crippen molar-refractivity contribution >= 4 is 23.0 Å². The summed E-state index contributed by atoms with van der Waals surface area (Å²) < 4.78 is 40.7. The molecule has 0 bridgehead atoms. The average Bonchev–Trinajstić information content (AvgIpc) is 3.57. The maximum Gasteiger partial charge on any atom is 0.416 e. The zero-order valence-electron chi connectivity index (χ0n) is 20.0. The van der Waals surface area contributed by atoms with E-state index in [1.165, 1.54) is 12.5 Å². The van der Waals surface area contributed by atoms with Crippen LogP contribution >= 0.6 is 0 Å². The van der Waals surface area contributed by atoms with Crippen molar-refractivity contribution in [1.29, 1.82) is 0 Å². The van der Waals surface area contributed by atoms with E-state index in [1.54, 1.807) is 42.7 Å². The monoisotopic (exact) mass is 510 g/mol. The number of nitrogens with zero attached hydrogens (tertiary/aromatic N) is 5. The number of amides is 1. The van der Waals surface area contributed by atoms with Crippen molar-refractivity contribution < 1.29 is 18.0 Å². The molecule has 4 heterocycles. The number of hydrogen-bond acceptors (Lipinski definition) is 8. The molecule has 3 N–H and O–H groups in total. The Morgan fingerprint density at radius 2 is 1.84 bits per heavy atom. The number of nitrogens with one attached hydrogen (secondary N) is 3. The van der Waals surface area contributed by atoms with Gasteiger partial charge in [-0.05, 0) is 62.7 Å². The van der Waals surface area contributed by atoms with Gasteiger partial charge in [-0.15, -0.1) is 5.53 Å². The summed E-state index contributed by atoms with van der Waals surface area (Å²) in [7, 11) is 0. The largest absolute Gasteiger partial charge is 0.416 e. The number of aryl methyl sites for hydroxylation is 1. The van der Waals surface area contributed by atoms with E-state index >= 15 is 0 Å². The Hall–Kier alpha value is -4.03. The lowest BCUT2D eigenvalue weighted by molar-refractivity contribution is -0.137. The van der Waals surface area contributed by atoms with Gasteiger partial charge in [-0.3, -0.25) is 19.7 Å². The Morgan fingerprint density at radius 1 is 1.08 bits per heavy atom. The molecule has 2 aliphatic heterocycles. The molecule has 5 rings (SSSR count). The summed E-state index contributed by atoms with van der Waals surface area (Å²) in [5.74, 6) is -0.562. The first-order valence-electron chi connectivity index (χ1n) is 11.8. The van der Waals surface area contributed by atoms with Crippen LogP contribution in [0.15, 0.2) is 55.4 Å². The summed E-state index contributed by atoms with van der Waals surface area (Å²) in [5, 5.41) is 4.28. The summed E-state index contributed by atoms with van der Waals surface area (Å²) in [6.07, 6.45) is 5.43. The minimum absolute atomic E-state index is 0.0865. The standard InChI is InChI=1S/C25H25F3N8O/c1-16-23(36-14-22(33-34-36)19-10-29-15-30-11-19)8-18(12-31-16)24(37)32-21-7-17(13-35-4-2-3-5-35)6-20(9-21)25(26,27)28/h6-12,14-15,33-34H,2-5,13H2,1H3,(H,32,37). The molecule has 3 aromatic rings. The van der Waals surface area contributed by atoms with Gasteiger partial charge in [0.15, 0.2) is 0 Å². The van der Waals surface area contributed by atoms with Gasteiger partial charge in [-0.25, -0.2) is 9.97 Å². The minimum Gasteiger partial charge on any atom is -0.322 e. The quantitative estimate of drug-likeness (QED) is 0.460. The van der Waals surface area contributed by atoms with Gasteiger partial charge in [0.1, 0.15) is 6.33 Å². The number of anilines is 2. The predicted octanol–water partition coefficient (Wildman–Crippen LogP) is 3.87.